The topological polar surface area (TPSA) is 132 Å². The molecular weight excluding hydrogens is 516 g/mol. The van der Waals surface area contributed by atoms with Crippen molar-refractivity contribution in [3.05, 3.63) is 87.9 Å². The highest BCUT2D eigenvalue weighted by atomic mass is 79.9. The molecule has 0 heterocycles. The molecule has 0 saturated carbocycles. The van der Waals surface area contributed by atoms with E-state index in [2.05, 4.69) is 31.8 Å². The largest absolute Gasteiger partial charge is 0.493 e. The Labute approximate surface area is 210 Å². The van der Waals surface area contributed by atoms with Gasteiger partial charge >= 0.3 is 0 Å². The molecule has 3 aromatic carbocycles. The van der Waals surface area contributed by atoms with Gasteiger partial charge in [-0.1, -0.05) is 24.3 Å². The molecule has 0 atom stereocenters. The zero-order chi connectivity index (χ0) is 25.4. The summed E-state index contributed by atoms with van der Waals surface area (Å²) in [6.07, 6.45) is 0. The molecule has 4 N–H and O–H groups in total. The van der Waals surface area contributed by atoms with E-state index in [9.17, 15) is 14.4 Å². The van der Waals surface area contributed by atoms with Crippen LogP contribution in [0.25, 0.3) is 0 Å². The number of nitrogens with one attached hydrogen (secondary N) is 2. The van der Waals surface area contributed by atoms with E-state index < -0.39 is 11.8 Å². The number of anilines is 1. The van der Waals surface area contributed by atoms with Gasteiger partial charge < -0.3 is 20.5 Å². The summed E-state index contributed by atoms with van der Waals surface area (Å²) in [7, 11) is 1.46. The van der Waals surface area contributed by atoms with Crippen LogP contribution in [0.1, 0.15) is 33.2 Å². The number of hydrogen-bond acceptors (Lipinski definition) is 6. The monoisotopic (exact) mass is 538 g/mol. The Morgan fingerprint density at radius 1 is 0.943 bits per heavy atom. The Hall–Kier alpha value is -4.18. The van der Waals surface area contributed by atoms with Crippen LogP contribution in [0.3, 0.4) is 0 Å². The number of nitrogens with zero attached hydrogens (tertiary/aromatic N) is 1. The smallest absolute Gasteiger partial charge is 0.273 e. The molecule has 0 saturated heterocycles. The lowest BCUT2D eigenvalue weighted by Crippen LogP contribution is -2.22. The van der Waals surface area contributed by atoms with Crippen LogP contribution in [-0.4, -0.2) is 37.1 Å². The van der Waals surface area contributed by atoms with Crippen molar-refractivity contribution in [3.63, 3.8) is 0 Å². The van der Waals surface area contributed by atoms with Gasteiger partial charge in [0.25, 0.3) is 17.7 Å². The lowest BCUT2D eigenvalue weighted by molar-refractivity contribution is -0.119. The van der Waals surface area contributed by atoms with Gasteiger partial charge in [0.1, 0.15) is 0 Å². The minimum atomic E-state index is -0.607. The van der Waals surface area contributed by atoms with E-state index >= 15 is 0 Å². The average molecular weight is 539 g/mol. The fraction of sp³-hybridized carbons (Fsp3) is 0.120. The molecule has 0 aliphatic rings. The maximum Gasteiger partial charge on any atom is 0.273 e. The number of amides is 3. The van der Waals surface area contributed by atoms with Crippen LogP contribution < -0.4 is 25.9 Å². The SMILES string of the molecule is COc1cc(/C(C)=N/NC(=O)c2ccccc2NC(=O)c2ccccc2Br)ccc1OCC(N)=O. The number of hydrogen-bond donors (Lipinski definition) is 3. The van der Waals surface area contributed by atoms with E-state index in [4.69, 9.17) is 15.2 Å². The van der Waals surface area contributed by atoms with E-state index in [1.807, 2.05) is 0 Å². The average Bonchev–Trinajstić information content (AvgIpc) is 2.86. The molecule has 0 spiro atoms. The van der Waals surface area contributed by atoms with Crippen LogP contribution in [0.2, 0.25) is 0 Å². The van der Waals surface area contributed by atoms with Gasteiger partial charge in [0.2, 0.25) is 0 Å². The fourth-order valence-corrected chi connectivity index (χ4v) is 3.51. The standard InChI is InChI=1S/C25H23BrN4O5/c1-15(16-11-12-21(22(13-16)34-2)35-14-23(27)31)29-30-25(33)18-8-4-6-10-20(18)28-24(32)17-7-3-5-9-19(17)26/h3-13H,14H2,1-2H3,(H2,27,31)(H,28,32)(H,30,33)/b29-15+. The summed E-state index contributed by atoms with van der Waals surface area (Å²) in [5.74, 6) is -0.736. The van der Waals surface area contributed by atoms with Gasteiger partial charge in [0.05, 0.1) is 29.6 Å². The summed E-state index contributed by atoms with van der Waals surface area (Å²) < 4.78 is 11.3. The second-order valence-corrected chi connectivity index (χ2v) is 8.09. The highest BCUT2D eigenvalue weighted by molar-refractivity contribution is 9.10. The summed E-state index contributed by atoms with van der Waals surface area (Å²) in [6, 6.07) is 18.6. The number of carbonyl (C=O) groups excluding carboxylic acids is 3. The zero-order valence-corrected chi connectivity index (χ0v) is 20.6. The second-order valence-electron chi connectivity index (χ2n) is 7.24. The van der Waals surface area contributed by atoms with Crippen molar-refractivity contribution >= 4 is 45.1 Å². The molecular formula is C25H23BrN4O5. The van der Waals surface area contributed by atoms with Crippen LogP contribution in [-0.2, 0) is 4.79 Å². The van der Waals surface area contributed by atoms with Gasteiger partial charge in [-0.2, -0.15) is 5.10 Å². The van der Waals surface area contributed by atoms with Gasteiger partial charge in [-0.15, -0.1) is 0 Å². The van der Waals surface area contributed by atoms with Crippen LogP contribution in [0.5, 0.6) is 11.5 Å². The van der Waals surface area contributed by atoms with Crippen molar-refractivity contribution in [1.29, 1.82) is 0 Å². The Morgan fingerprint density at radius 2 is 1.63 bits per heavy atom. The van der Waals surface area contributed by atoms with Crippen molar-refractivity contribution in [2.45, 2.75) is 6.92 Å². The number of hydrazone groups is 1. The van der Waals surface area contributed by atoms with Crippen LogP contribution in [0, 0.1) is 0 Å². The molecule has 3 aromatic rings. The molecule has 0 radical (unpaired) electrons. The van der Waals surface area contributed by atoms with Gasteiger partial charge in [-0.25, -0.2) is 5.43 Å². The van der Waals surface area contributed by atoms with E-state index in [1.54, 1.807) is 73.7 Å². The first-order valence-electron chi connectivity index (χ1n) is 10.4. The van der Waals surface area contributed by atoms with E-state index in [0.29, 0.717) is 38.5 Å². The van der Waals surface area contributed by atoms with E-state index in [-0.39, 0.29) is 18.1 Å². The number of nitrogens with two attached hydrogens (primary N) is 1. The molecule has 0 unspecified atom stereocenters. The molecule has 0 bridgehead atoms. The number of ether oxygens (including phenoxy) is 2. The molecule has 3 amide bonds. The second kappa shape index (κ2) is 11.8. The third kappa shape index (κ3) is 6.67. The number of primary amides is 1. The van der Waals surface area contributed by atoms with Gasteiger partial charge in [-0.05, 0) is 65.3 Å². The van der Waals surface area contributed by atoms with E-state index in [1.165, 1.54) is 7.11 Å². The van der Waals surface area contributed by atoms with Crippen LogP contribution in [0.4, 0.5) is 5.69 Å². The molecule has 0 aromatic heterocycles. The van der Waals surface area contributed by atoms with Crippen molar-refractivity contribution in [1.82, 2.24) is 5.43 Å². The Balaban J connectivity index is 1.75. The van der Waals surface area contributed by atoms with Crippen LogP contribution >= 0.6 is 15.9 Å². The molecule has 0 fully saturated rings. The first kappa shape index (κ1) is 25.4. The summed E-state index contributed by atoms with van der Waals surface area (Å²) in [6.45, 7) is 1.43. The maximum absolute atomic E-state index is 12.8. The van der Waals surface area contributed by atoms with E-state index in [0.717, 1.165) is 0 Å². The highest BCUT2D eigenvalue weighted by Crippen LogP contribution is 2.28. The molecule has 180 valence electrons. The lowest BCUT2D eigenvalue weighted by Gasteiger charge is -2.12. The number of methoxy groups -OCH3 is 1. The van der Waals surface area contributed by atoms with Gasteiger partial charge in [-0.3, -0.25) is 14.4 Å². The normalized spacial score (nSPS) is 10.9. The van der Waals surface area contributed by atoms with Crippen molar-refractivity contribution in [3.8, 4) is 11.5 Å². The zero-order valence-electron chi connectivity index (χ0n) is 19.0. The highest BCUT2D eigenvalue weighted by Gasteiger charge is 2.16. The number of para-hydroxylation sites is 1. The fourth-order valence-electron chi connectivity index (χ4n) is 3.05. The predicted octanol–water partition coefficient (Wildman–Crippen LogP) is 3.73. The molecule has 0 aliphatic carbocycles. The number of rotatable bonds is 9. The molecule has 10 heteroatoms. The molecule has 3 rings (SSSR count). The molecule has 35 heavy (non-hydrogen) atoms. The molecule has 0 aliphatic heterocycles. The quantitative estimate of drug-likeness (QED) is 0.282. The summed E-state index contributed by atoms with van der Waals surface area (Å²) in [5, 5.41) is 6.94. The van der Waals surface area contributed by atoms with Gasteiger partial charge in [0.15, 0.2) is 18.1 Å². The lowest BCUT2D eigenvalue weighted by atomic mass is 10.1. The van der Waals surface area contributed by atoms with Crippen molar-refractivity contribution in [2.75, 3.05) is 19.0 Å². The number of carbonyl (C=O) groups is 3. The van der Waals surface area contributed by atoms with Gasteiger partial charge in [0, 0.05) is 10.0 Å². The third-order valence-corrected chi connectivity index (χ3v) is 5.51. The van der Waals surface area contributed by atoms with Crippen molar-refractivity contribution < 1.29 is 23.9 Å². The Morgan fingerprint density at radius 3 is 2.31 bits per heavy atom. The Kier molecular flexibility index (Phi) is 8.58. The predicted molar refractivity (Wildman–Crippen MR) is 136 cm³/mol. The summed E-state index contributed by atoms with van der Waals surface area (Å²) >= 11 is 3.36. The minimum Gasteiger partial charge on any atom is -0.493 e. The number of benzene rings is 3. The Bertz CT molecular complexity index is 1290. The maximum atomic E-state index is 12.8. The van der Waals surface area contributed by atoms with Crippen LogP contribution in [0.15, 0.2) is 76.3 Å². The first-order valence-corrected chi connectivity index (χ1v) is 11.2. The minimum absolute atomic E-state index is 0.247. The van der Waals surface area contributed by atoms with Crippen molar-refractivity contribution in [2.24, 2.45) is 10.8 Å². The third-order valence-electron chi connectivity index (χ3n) is 4.81. The first-order chi connectivity index (χ1) is 16.8. The summed E-state index contributed by atoms with van der Waals surface area (Å²) in [5.41, 5.74) is 9.80. The summed E-state index contributed by atoms with van der Waals surface area (Å²) in [4.78, 5) is 36.5. The number of halogens is 1. The molecule has 9 nitrogen and oxygen atoms in total.